The summed E-state index contributed by atoms with van der Waals surface area (Å²) < 4.78 is 5.26. The second kappa shape index (κ2) is 4.25. The summed E-state index contributed by atoms with van der Waals surface area (Å²) in [5, 5.41) is 0. The Balaban J connectivity index is 3.07. The molecule has 0 aromatic heterocycles. The highest BCUT2D eigenvalue weighted by atomic mass is 28.3. The van der Waals surface area contributed by atoms with Crippen molar-refractivity contribution in [2.45, 2.75) is 25.7 Å². The maximum Gasteiger partial charge on any atom is 0.0466 e. The molecule has 0 aromatic carbocycles. The van der Waals surface area contributed by atoms with Crippen LogP contribution in [0, 0.1) is 0 Å². The van der Waals surface area contributed by atoms with Crippen molar-refractivity contribution in [3.63, 3.8) is 0 Å². The van der Waals surface area contributed by atoms with Gasteiger partial charge in [0.05, 0.1) is 0 Å². The number of hydrogen-bond donors (Lipinski definition) is 0. The molecule has 1 radical (unpaired) electrons. The van der Waals surface area contributed by atoms with Crippen molar-refractivity contribution in [1.29, 1.82) is 0 Å². The fourth-order valence-corrected chi connectivity index (χ4v) is 1.44. The van der Waals surface area contributed by atoms with Crippen LogP contribution >= 0.6 is 0 Å². The van der Waals surface area contributed by atoms with Crippen molar-refractivity contribution in [3.05, 3.63) is 0 Å². The second-order valence-electron chi connectivity index (χ2n) is 3.42. The standard InChI is InChI=1S/C6H17OSi2/c1-9(2,3)5-4-7-6-8/h4-6,8H2,1-3H3. The van der Waals surface area contributed by atoms with Gasteiger partial charge in [0.15, 0.2) is 0 Å². The van der Waals surface area contributed by atoms with Crippen LogP contribution in [0.3, 0.4) is 0 Å². The predicted molar refractivity (Wildman–Crippen MR) is 47.5 cm³/mol. The quantitative estimate of drug-likeness (QED) is 0.440. The minimum absolute atomic E-state index is 0.816. The predicted octanol–water partition coefficient (Wildman–Crippen LogP) is 0.932. The SMILES string of the molecule is C[Si](C)(C)CCOC[SiH2]. The zero-order chi connectivity index (χ0) is 7.33. The van der Waals surface area contributed by atoms with Gasteiger partial charge in [0.25, 0.3) is 0 Å². The molecule has 0 saturated heterocycles. The zero-order valence-electron chi connectivity index (χ0n) is 6.74. The summed E-state index contributed by atoms with van der Waals surface area (Å²) in [7, 11) is 1.06. The highest BCUT2D eigenvalue weighted by molar-refractivity contribution is 6.76. The molecule has 1 nitrogen and oxygen atoms in total. The Morgan fingerprint density at radius 1 is 1.33 bits per heavy atom. The third-order valence-corrected chi connectivity index (χ3v) is 3.13. The first-order valence-corrected chi connectivity index (χ1v) is 8.14. The van der Waals surface area contributed by atoms with Crippen LogP contribution < -0.4 is 0 Å². The molecule has 9 heavy (non-hydrogen) atoms. The summed E-state index contributed by atoms with van der Waals surface area (Å²) >= 11 is 0. The van der Waals surface area contributed by atoms with E-state index in [-0.39, 0.29) is 0 Å². The van der Waals surface area contributed by atoms with Gasteiger partial charge in [0.2, 0.25) is 0 Å². The lowest BCUT2D eigenvalue weighted by Crippen LogP contribution is -2.21. The van der Waals surface area contributed by atoms with Crippen LogP contribution in [-0.4, -0.2) is 31.2 Å². The molecule has 0 atom stereocenters. The lowest BCUT2D eigenvalue weighted by molar-refractivity contribution is 0.194. The zero-order valence-corrected chi connectivity index (χ0v) is 9.15. The van der Waals surface area contributed by atoms with E-state index < -0.39 is 8.07 Å². The molecule has 0 N–H and O–H groups in total. The molecule has 0 heterocycles. The van der Waals surface area contributed by atoms with Crippen molar-refractivity contribution >= 4 is 18.3 Å². The van der Waals surface area contributed by atoms with E-state index in [0.717, 1.165) is 12.8 Å². The van der Waals surface area contributed by atoms with E-state index in [1.165, 1.54) is 6.04 Å². The van der Waals surface area contributed by atoms with Gasteiger partial charge in [-0.2, -0.15) is 0 Å². The molecule has 55 valence electrons. The first-order chi connectivity index (χ1) is 4.06. The Bertz CT molecular complexity index is 67.9. The van der Waals surface area contributed by atoms with Crippen molar-refractivity contribution < 1.29 is 4.74 Å². The highest BCUT2D eigenvalue weighted by Gasteiger charge is 2.11. The van der Waals surface area contributed by atoms with Gasteiger partial charge in [-0.05, 0) is 6.04 Å². The molecule has 0 aliphatic rings. The Labute approximate surface area is 62.2 Å². The largest absolute Gasteiger partial charge is 0.386 e. The van der Waals surface area contributed by atoms with Crippen LogP contribution in [-0.2, 0) is 4.74 Å². The molecule has 0 amide bonds. The van der Waals surface area contributed by atoms with Gasteiger partial charge in [-0.15, -0.1) is 0 Å². The third kappa shape index (κ3) is 8.39. The van der Waals surface area contributed by atoms with E-state index in [1.54, 1.807) is 0 Å². The van der Waals surface area contributed by atoms with Crippen LogP contribution in [0.2, 0.25) is 25.7 Å². The van der Waals surface area contributed by atoms with Crippen molar-refractivity contribution in [3.8, 4) is 0 Å². The average Bonchev–Trinajstić information content (AvgIpc) is 1.63. The molecule has 0 saturated carbocycles. The summed E-state index contributed by atoms with van der Waals surface area (Å²) in [6.45, 7) is 8.08. The maximum atomic E-state index is 5.26. The highest BCUT2D eigenvalue weighted by Crippen LogP contribution is 2.06. The van der Waals surface area contributed by atoms with E-state index in [4.69, 9.17) is 4.74 Å². The molecule has 0 aromatic rings. The minimum Gasteiger partial charge on any atom is -0.386 e. The Hall–Kier alpha value is 0.394. The van der Waals surface area contributed by atoms with Crippen molar-refractivity contribution in [1.82, 2.24) is 0 Å². The van der Waals surface area contributed by atoms with Crippen molar-refractivity contribution in [2.24, 2.45) is 0 Å². The van der Waals surface area contributed by atoms with E-state index >= 15 is 0 Å². The van der Waals surface area contributed by atoms with Crippen LogP contribution in [0.4, 0.5) is 0 Å². The monoisotopic (exact) mass is 161 g/mol. The maximum absolute atomic E-state index is 5.26. The Kier molecular flexibility index (Phi) is 4.43. The first-order valence-electron chi connectivity index (χ1n) is 3.43. The van der Waals surface area contributed by atoms with Crippen LogP contribution in [0.5, 0.6) is 0 Å². The molecular formula is C6H17OSi2. The number of rotatable bonds is 4. The van der Waals surface area contributed by atoms with Gasteiger partial charge in [-0.1, -0.05) is 19.6 Å². The summed E-state index contributed by atoms with van der Waals surface area (Å²) in [5.41, 5.74) is 0. The smallest absolute Gasteiger partial charge is 0.0466 e. The second-order valence-corrected chi connectivity index (χ2v) is 9.45. The lowest BCUT2D eigenvalue weighted by atomic mass is 10.9. The van der Waals surface area contributed by atoms with E-state index in [1.807, 2.05) is 10.2 Å². The first kappa shape index (κ1) is 9.39. The molecule has 0 unspecified atom stereocenters. The molecule has 0 aliphatic carbocycles. The normalized spacial score (nSPS) is 12.0. The molecule has 0 fully saturated rings. The lowest BCUT2D eigenvalue weighted by Gasteiger charge is -2.14. The van der Waals surface area contributed by atoms with Gasteiger partial charge in [-0.25, -0.2) is 0 Å². The molecule has 0 bridgehead atoms. The van der Waals surface area contributed by atoms with Crippen molar-refractivity contribution in [2.75, 3.05) is 12.8 Å². The van der Waals surface area contributed by atoms with Gasteiger partial charge in [0, 0.05) is 31.2 Å². The minimum atomic E-state index is -0.816. The molecule has 0 spiro atoms. The fraction of sp³-hybridized carbons (Fsp3) is 1.00. The van der Waals surface area contributed by atoms with E-state index in [9.17, 15) is 0 Å². The van der Waals surface area contributed by atoms with Crippen LogP contribution in [0.25, 0.3) is 0 Å². The van der Waals surface area contributed by atoms with E-state index in [2.05, 4.69) is 19.6 Å². The summed E-state index contributed by atoms with van der Waals surface area (Å²) in [6.07, 6.45) is 0.893. The summed E-state index contributed by atoms with van der Waals surface area (Å²) in [5.74, 6) is 0. The van der Waals surface area contributed by atoms with E-state index in [0.29, 0.717) is 0 Å². The molecule has 0 aliphatic heterocycles. The fourth-order valence-electron chi connectivity index (χ4n) is 0.480. The van der Waals surface area contributed by atoms with Crippen LogP contribution in [0.1, 0.15) is 0 Å². The van der Waals surface area contributed by atoms with Gasteiger partial charge >= 0.3 is 0 Å². The molecular weight excluding hydrogens is 144 g/mol. The molecule has 0 rings (SSSR count). The summed E-state index contributed by atoms with van der Waals surface area (Å²) in [4.78, 5) is 0. The van der Waals surface area contributed by atoms with Gasteiger partial charge in [0.1, 0.15) is 0 Å². The Morgan fingerprint density at radius 2 is 1.89 bits per heavy atom. The van der Waals surface area contributed by atoms with Gasteiger partial charge < -0.3 is 4.74 Å². The Morgan fingerprint density at radius 3 is 2.22 bits per heavy atom. The average molecular weight is 161 g/mol. The van der Waals surface area contributed by atoms with Gasteiger partial charge in [-0.3, -0.25) is 0 Å². The summed E-state index contributed by atoms with van der Waals surface area (Å²) in [6, 6.07) is 1.30. The third-order valence-electron chi connectivity index (χ3n) is 1.14. The van der Waals surface area contributed by atoms with Crippen LogP contribution in [0.15, 0.2) is 0 Å². The number of ether oxygens (including phenoxy) is 1. The number of hydrogen-bond acceptors (Lipinski definition) is 1. The topological polar surface area (TPSA) is 9.23 Å². The molecule has 3 heteroatoms.